The smallest absolute Gasteiger partial charge is 0.261 e. The van der Waals surface area contributed by atoms with Crippen LogP contribution in [0.25, 0.3) is 0 Å². The van der Waals surface area contributed by atoms with Crippen molar-refractivity contribution in [2.24, 2.45) is 0 Å². The zero-order valence-electron chi connectivity index (χ0n) is 20.2. The van der Waals surface area contributed by atoms with E-state index in [4.69, 9.17) is 16.3 Å². The molecule has 3 aromatic rings. The first-order chi connectivity index (χ1) is 17.5. The summed E-state index contributed by atoms with van der Waals surface area (Å²) in [6.45, 7) is 3.02. The minimum atomic E-state index is -4.08. The summed E-state index contributed by atoms with van der Waals surface area (Å²) < 4.78 is 61.8. The van der Waals surface area contributed by atoms with Crippen LogP contribution >= 0.6 is 11.6 Å². The standard InChI is InChI=1S/C25H26ClN3O6S2/c1-17-5-6-19(15-23(17)26)28-36(31,32)20-9-7-18(8-10-20)27-37(33,34)21-11-12-24(35-2)22(16-21)25(30)29-13-3-4-14-29/h5-12,15-16,27-28H,3-4,13-14H2,1-2H3. The molecule has 1 aliphatic heterocycles. The molecule has 9 nitrogen and oxygen atoms in total. The number of benzene rings is 3. The van der Waals surface area contributed by atoms with Crippen molar-refractivity contribution in [2.45, 2.75) is 29.6 Å². The molecule has 0 aromatic heterocycles. The van der Waals surface area contributed by atoms with Gasteiger partial charge in [0.25, 0.3) is 26.0 Å². The fraction of sp³-hybridized carbons (Fsp3) is 0.240. The van der Waals surface area contributed by atoms with E-state index in [0.717, 1.165) is 18.4 Å². The van der Waals surface area contributed by atoms with Gasteiger partial charge in [0.2, 0.25) is 0 Å². The van der Waals surface area contributed by atoms with E-state index in [0.29, 0.717) is 23.8 Å². The molecule has 3 aromatic carbocycles. The van der Waals surface area contributed by atoms with Gasteiger partial charge in [-0.1, -0.05) is 17.7 Å². The maximum Gasteiger partial charge on any atom is 0.261 e. The second-order valence-electron chi connectivity index (χ2n) is 8.56. The third-order valence-corrected chi connectivity index (χ3v) is 9.13. The van der Waals surface area contributed by atoms with Crippen LogP contribution < -0.4 is 14.2 Å². The van der Waals surface area contributed by atoms with Crippen LogP contribution in [-0.2, 0) is 20.0 Å². The first-order valence-electron chi connectivity index (χ1n) is 11.4. The number of anilines is 2. The van der Waals surface area contributed by atoms with Crippen LogP contribution in [0.2, 0.25) is 5.02 Å². The number of carbonyl (C=O) groups is 1. The monoisotopic (exact) mass is 563 g/mol. The van der Waals surface area contributed by atoms with Crippen molar-refractivity contribution in [1.82, 2.24) is 4.90 Å². The summed E-state index contributed by atoms with van der Waals surface area (Å²) in [6.07, 6.45) is 1.79. The van der Waals surface area contributed by atoms with Crippen molar-refractivity contribution < 1.29 is 26.4 Å². The summed E-state index contributed by atoms with van der Waals surface area (Å²) in [5.74, 6) is -0.00361. The molecule has 0 unspecified atom stereocenters. The third kappa shape index (κ3) is 6.00. The van der Waals surface area contributed by atoms with Gasteiger partial charge in [0.1, 0.15) is 5.75 Å². The number of nitrogens with zero attached hydrogens (tertiary/aromatic N) is 1. The maximum atomic E-state index is 13.1. The SMILES string of the molecule is COc1ccc(S(=O)(=O)Nc2ccc(S(=O)(=O)Nc3ccc(C)c(Cl)c3)cc2)cc1C(=O)N1CCCC1. The Labute approximate surface area is 221 Å². The lowest BCUT2D eigenvalue weighted by atomic mass is 10.1. The minimum absolute atomic E-state index is 0.0601. The second-order valence-corrected chi connectivity index (χ2v) is 12.3. The second kappa shape index (κ2) is 10.6. The number of carbonyl (C=O) groups excluding carboxylic acids is 1. The molecule has 4 rings (SSSR count). The number of amides is 1. The first-order valence-corrected chi connectivity index (χ1v) is 14.7. The average Bonchev–Trinajstić information content (AvgIpc) is 3.40. The molecule has 2 N–H and O–H groups in total. The summed E-state index contributed by atoms with van der Waals surface area (Å²) >= 11 is 6.07. The van der Waals surface area contributed by atoms with Crippen LogP contribution in [0.5, 0.6) is 5.75 Å². The fourth-order valence-corrected chi connectivity index (χ4v) is 6.21. The number of sulfonamides is 2. The topological polar surface area (TPSA) is 122 Å². The van der Waals surface area contributed by atoms with Gasteiger partial charge in [0, 0.05) is 23.8 Å². The van der Waals surface area contributed by atoms with Crippen LogP contribution in [0.3, 0.4) is 0 Å². The van der Waals surface area contributed by atoms with E-state index in [1.54, 1.807) is 24.0 Å². The number of halogens is 1. The van der Waals surface area contributed by atoms with Gasteiger partial charge < -0.3 is 9.64 Å². The average molecular weight is 564 g/mol. The molecule has 1 amide bonds. The normalized spacial score (nSPS) is 13.9. The van der Waals surface area contributed by atoms with Crippen LogP contribution in [0, 0.1) is 6.92 Å². The highest BCUT2D eigenvalue weighted by Crippen LogP contribution is 2.27. The highest BCUT2D eigenvalue weighted by atomic mass is 35.5. The van der Waals surface area contributed by atoms with Gasteiger partial charge in [0.05, 0.1) is 28.2 Å². The van der Waals surface area contributed by atoms with Crippen molar-refractivity contribution in [3.63, 3.8) is 0 Å². The Morgan fingerprint density at radius 1 is 0.838 bits per heavy atom. The minimum Gasteiger partial charge on any atom is -0.496 e. The number of rotatable bonds is 8. The zero-order valence-corrected chi connectivity index (χ0v) is 22.6. The van der Waals surface area contributed by atoms with Crippen LogP contribution in [-0.4, -0.2) is 47.8 Å². The third-order valence-electron chi connectivity index (χ3n) is 5.95. The molecule has 1 saturated heterocycles. The summed E-state index contributed by atoms with van der Waals surface area (Å²) in [5, 5.41) is 0.425. The molecule has 0 bridgehead atoms. The van der Waals surface area contributed by atoms with E-state index in [2.05, 4.69) is 9.44 Å². The molecule has 0 saturated carbocycles. The number of ether oxygens (including phenoxy) is 1. The van der Waals surface area contributed by atoms with Gasteiger partial charge in [-0.15, -0.1) is 0 Å². The van der Waals surface area contributed by atoms with E-state index in [-0.39, 0.29) is 32.7 Å². The van der Waals surface area contributed by atoms with Crippen molar-refractivity contribution in [1.29, 1.82) is 0 Å². The Kier molecular flexibility index (Phi) is 7.67. The zero-order chi connectivity index (χ0) is 26.8. The van der Waals surface area contributed by atoms with Crippen molar-refractivity contribution in [2.75, 3.05) is 29.6 Å². The Morgan fingerprint density at radius 2 is 1.41 bits per heavy atom. The van der Waals surface area contributed by atoms with Crippen molar-refractivity contribution in [3.05, 3.63) is 76.8 Å². The summed E-state index contributed by atoms with van der Waals surface area (Å²) in [7, 11) is -6.59. The lowest BCUT2D eigenvalue weighted by Crippen LogP contribution is -2.28. The number of aryl methyl sites for hydroxylation is 1. The largest absolute Gasteiger partial charge is 0.496 e. The van der Waals surface area contributed by atoms with E-state index in [9.17, 15) is 21.6 Å². The van der Waals surface area contributed by atoms with E-state index in [1.807, 2.05) is 0 Å². The Hall–Kier alpha value is -3.28. The van der Waals surface area contributed by atoms with Crippen molar-refractivity contribution >= 4 is 48.9 Å². The Morgan fingerprint density at radius 3 is 2.03 bits per heavy atom. The summed E-state index contributed by atoms with van der Waals surface area (Å²) in [6, 6.07) is 14.1. The van der Waals surface area contributed by atoms with E-state index >= 15 is 0 Å². The highest BCUT2D eigenvalue weighted by molar-refractivity contribution is 7.93. The number of hydrogen-bond acceptors (Lipinski definition) is 6. The molecule has 0 radical (unpaired) electrons. The molecule has 0 atom stereocenters. The molecule has 1 aliphatic rings. The van der Waals surface area contributed by atoms with E-state index < -0.39 is 20.0 Å². The van der Waals surface area contributed by atoms with Gasteiger partial charge in [0.15, 0.2) is 0 Å². The van der Waals surface area contributed by atoms with Crippen LogP contribution in [0.4, 0.5) is 11.4 Å². The molecule has 0 spiro atoms. The predicted octanol–water partition coefficient (Wildman–Crippen LogP) is 4.49. The lowest BCUT2D eigenvalue weighted by molar-refractivity contribution is 0.0789. The number of methoxy groups -OCH3 is 1. The summed E-state index contributed by atoms with van der Waals surface area (Å²) in [4.78, 5) is 14.4. The van der Waals surface area contributed by atoms with Gasteiger partial charge in [-0.05, 0) is 79.9 Å². The number of likely N-dealkylation sites (tertiary alicyclic amines) is 1. The van der Waals surface area contributed by atoms with Crippen molar-refractivity contribution in [3.8, 4) is 5.75 Å². The van der Waals surface area contributed by atoms with Crippen LogP contribution in [0.1, 0.15) is 28.8 Å². The molecule has 196 valence electrons. The molecule has 37 heavy (non-hydrogen) atoms. The maximum absolute atomic E-state index is 13.1. The van der Waals surface area contributed by atoms with Gasteiger partial charge in [-0.2, -0.15) is 0 Å². The first kappa shape index (κ1) is 26.8. The Bertz CT molecular complexity index is 1540. The van der Waals surface area contributed by atoms with Gasteiger partial charge >= 0.3 is 0 Å². The Balaban J connectivity index is 1.53. The molecule has 12 heteroatoms. The molecule has 1 fully saturated rings. The number of hydrogen-bond donors (Lipinski definition) is 2. The van der Waals surface area contributed by atoms with Gasteiger partial charge in [-0.25, -0.2) is 16.8 Å². The summed E-state index contributed by atoms with van der Waals surface area (Å²) in [5.41, 5.74) is 1.43. The lowest BCUT2D eigenvalue weighted by Gasteiger charge is -2.18. The molecular formula is C25H26ClN3O6S2. The quantitative estimate of drug-likeness (QED) is 0.416. The molecule has 1 heterocycles. The van der Waals surface area contributed by atoms with Crippen LogP contribution in [0.15, 0.2) is 70.5 Å². The molecular weight excluding hydrogens is 538 g/mol. The number of nitrogens with one attached hydrogen (secondary N) is 2. The van der Waals surface area contributed by atoms with Gasteiger partial charge in [-0.3, -0.25) is 14.2 Å². The predicted molar refractivity (Wildman–Crippen MR) is 142 cm³/mol. The van der Waals surface area contributed by atoms with E-state index in [1.165, 1.54) is 55.6 Å². The highest BCUT2D eigenvalue weighted by Gasteiger charge is 2.25. The molecule has 0 aliphatic carbocycles. The fourth-order valence-electron chi connectivity index (χ4n) is 3.90.